The summed E-state index contributed by atoms with van der Waals surface area (Å²) in [6.45, 7) is 5.68. The van der Waals surface area contributed by atoms with Gasteiger partial charge < -0.3 is 10.6 Å². The van der Waals surface area contributed by atoms with Crippen molar-refractivity contribution in [2.75, 3.05) is 5.32 Å². The standard InChI is InChI=1S/C21H21N5O4S/c1-11-12(2)31-17-16(11)18(28)26(10-22-17)9-8-15(27)23-14-6-4-13(5-7-14)21(3)19(29)24-20(30)25-21/h4-7,10H,8-9H2,1-3H3,(H,23,27)(H2,24,25,29,30)/t21-/m0/s1. The molecule has 160 valence electrons. The van der Waals surface area contributed by atoms with Gasteiger partial charge in [-0.15, -0.1) is 11.3 Å². The zero-order chi connectivity index (χ0) is 22.3. The lowest BCUT2D eigenvalue weighted by Crippen LogP contribution is -2.40. The zero-order valence-electron chi connectivity index (χ0n) is 17.2. The molecule has 1 aliphatic rings. The van der Waals surface area contributed by atoms with E-state index < -0.39 is 17.5 Å². The van der Waals surface area contributed by atoms with Crippen LogP contribution in [0.5, 0.6) is 0 Å². The van der Waals surface area contributed by atoms with Crippen molar-refractivity contribution in [1.82, 2.24) is 20.2 Å². The van der Waals surface area contributed by atoms with Crippen LogP contribution in [0.3, 0.4) is 0 Å². The second-order valence-corrected chi connectivity index (χ2v) is 8.82. The molecular formula is C21H21N5O4S. The van der Waals surface area contributed by atoms with Gasteiger partial charge in [-0.3, -0.25) is 24.3 Å². The number of aryl methyl sites for hydroxylation is 3. The monoisotopic (exact) mass is 439 g/mol. The van der Waals surface area contributed by atoms with Crippen LogP contribution >= 0.6 is 11.3 Å². The number of aromatic nitrogens is 2. The van der Waals surface area contributed by atoms with Crippen LogP contribution in [-0.2, 0) is 21.7 Å². The number of amides is 4. The molecule has 1 fully saturated rings. The third-order valence-electron chi connectivity index (χ3n) is 5.53. The summed E-state index contributed by atoms with van der Waals surface area (Å²) in [6, 6.07) is 6.12. The minimum atomic E-state index is -1.15. The minimum absolute atomic E-state index is 0.104. The molecule has 1 atom stereocenters. The molecule has 0 radical (unpaired) electrons. The van der Waals surface area contributed by atoms with E-state index in [-0.39, 0.29) is 24.4 Å². The molecular weight excluding hydrogens is 418 g/mol. The summed E-state index contributed by atoms with van der Waals surface area (Å²) in [5, 5.41) is 8.19. The molecule has 4 rings (SSSR count). The van der Waals surface area contributed by atoms with E-state index in [1.54, 1.807) is 31.2 Å². The number of nitrogens with zero attached hydrogens (tertiary/aromatic N) is 2. The lowest BCUT2D eigenvalue weighted by molar-refractivity contribution is -0.123. The van der Waals surface area contributed by atoms with E-state index in [4.69, 9.17) is 0 Å². The fourth-order valence-electron chi connectivity index (χ4n) is 3.51. The Hall–Kier alpha value is -3.53. The van der Waals surface area contributed by atoms with Crippen LogP contribution in [0, 0.1) is 13.8 Å². The maximum atomic E-state index is 12.7. The predicted molar refractivity (Wildman–Crippen MR) is 117 cm³/mol. The van der Waals surface area contributed by atoms with Crippen molar-refractivity contribution in [3.8, 4) is 0 Å². The molecule has 3 N–H and O–H groups in total. The molecule has 9 nitrogen and oxygen atoms in total. The molecule has 1 saturated heterocycles. The lowest BCUT2D eigenvalue weighted by Gasteiger charge is -2.21. The van der Waals surface area contributed by atoms with Crippen molar-refractivity contribution in [2.45, 2.75) is 39.3 Å². The Morgan fingerprint density at radius 3 is 2.55 bits per heavy atom. The largest absolute Gasteiger partial charge is 0.326 e. The van der Waals surface area contributed by atoms with Crippen LogP contribution in [0.2, 0.25) is 0 Å². The number of nitrogens with one attached hydrogen (secondary N) is 3. The average molecular weight is 439 g/mol. The Labute approximate surface area is 181 Å². The second kappa shape index (κ2) is 7.62. The third kappa shape index (κ3) is 3.70. The number of thiophene rings is 1. The highest BCUT2D eigenvalue weighted by atomic mass is 32.1. The average Bonchev–Trinajstić information content (AvgIpc) is 3.16. The van der Waals surface area contributed by atoms with Crippen LogP contribution in [-0.4, -0.2) is 27.4 Å². The van der Waals surface area contributed by atoms with Crippen LogP contribution in [0.25, 0.3) is 10.2 Å². The van der Waals surface area contributed by atoms with Gasteiger partial charge >= 0.3 is 6.03 Å². The van der Waals surface area contributed by atoms with Crippen molar-refractivity contribution in [1.29, 1.82) is 0 Å². The molecule has 10 heteroatoms. The number of hydrogen-bond acceptors (Lipinski definition) is 6. The molecule has 2 aromatic heterocycles. The summed E-state index contributed by atoms with van der Waals surface area (Å²) in [5.41, 5.74) is 0.782. The molecule has 31 heavy (non-hydrogen) atoms. The number of carbonyl (C=O) groups excluding carboxylic acids is 3. The van der Waals surface area contributed by atoms with E-state index in [2.05, 4.69) is 20.9 Å². The normalized spacial score (nSPS) is 18.2. The highest BCUT2D eigenvalue weighted by molar-refractivity contribution is 7.18. The first-order chi connectivity index (χ1) is 14.7. The number of rotatable bonds is 5. The predicted octanol–water partition coefficient (Wildman–Crippen LogP) is 2.16. The summed E-state index contributed by atoms with van der Waals surface area (Å²) in [7, 11) is 0. The SMILES string of the molecule is Cc1sc2ncn(CCC(=O)Nc3ccc([C@]4(C)NC(=O)NC4=O)cc3)c(=O)c2c1C. The van der Waals surface area contributed by atoms with E-state index in [9.17, 15) is 19.2 Å². The van der Waals surface area contributed by atoms with Crippen LogP contribution in [0.1, 0.15) is 29.3 Å². The fourth-order valence-corrected chi connectivity index (χ4v) is 4.50. The molecule has 3 aromatic rings. The molecule has 0 bridgehead atoms. The highest BCUT2D eigenvalue weighted by Gasteiger charge is 2.43. The smallest absolute Gasteiger partial charge is 0.322 e. The van der Waals surface area contributed by atoms with Gasteiger partial charge in [0.2, 0.25) is 5.91 Å². The van der Waals surface area contributed by atoms with Crippen LogP contribution in [0.4, 0.5) is 10.5 Å². The van der Waals surface area contributed by atoms with E-state index in [0.717, 1.165) is 10.4 Å². The van der Waals surface area contributed by atoms with E-state index in [1.807, 2.05) is 13.8 Å². The zero-order valence-corrected chi connectivity index (χ0v) is 18.1. The molecule has 0 spiro atoms. The van der Waals surface area contributed by atoms with Gasteiger partial charge in [0.1, 0.15) is 10.4 Å². The third-order valence-corrected chi connectivity index (χ3v) is 6.64. The van der Waals surface area contributed by atoms with Crippen molar-refractivity contribution in [2.24, 2.45) is 0 Å². The summed E-state index contributed by atoms with van der Waals surface area (Å²) in [5.74, 6) is -0.683. The summed E-state index contributed by atoms with van der Waals surface area (Å²) in [4.78, 5) is 54.6. The number of anilines is 1. The highest BCUT2D eigenvalue weighted by Crippen LogP contribution is 2.26. The van der Waals surface area contributed by atoms with Crippen molar-refractivity contribution < 1.29 is 14.4 Å². The number of benzene rings is 1. The molecule has 0 saturated carbocycles. The molecule has 0 aliphatic carbocycles. The number of imide groups is 1. The van der Waals surface area contributed by atoms with Crippen LogP contribution < -0.4 is 21.5 Å². The maximum Gasteiger partial charge on any atom is 0.322 e. The first kappa shape index (κ1) is 20.7. The molecule has 1 aromatic carbocycles. The van der Waals surface area contributed by atoms with Gasteiger partial charge in [0.05, 0.1) is 11.7 Å². The summed E-state index contributed by atoms with van der Waals surface area (Å²) in [6.07, 6.45) is 1.58. The van der Waals surface area contributed by atoms with E-state index in [0.29, 0.717) is 21.5 Å². The Bertz CT molecular complexity index is 1280. The Morgan fingerprint density at radius 2 is 1.90 bits per heavy atom. The molecule has 1 aliphatic heterocycles. The maximum absolute atomic E-state index is 12.7. The summed E-state index contributed by atoms with van der Waals surface area (Å²) < 4.78 is 1.45. The fraction of sp³-hybridized carbons (Fsp3) is 0.286. The first-order valence-corrected chi connectivity index (χ1v) is 10.5. The topological polar surface area (TPSA) is 122 Å². The number of urea groups is 1. The van der Waals surface area contributed by atoms with Crippen LogP contribution in [0.15, 0.2) is 35.4 Å². The van der Waals surface area contributed by atoms with E-state index in [1.165, 1.54) is 22.2 Å². The van der Waals surface area contributed by atoms with Gasteiger partial charge in [-0.2, -0.15) is 0 Å². The Balaban J connectivity index is 1.42. The molecule has 0 unspecified atom stereocenters. The molecule has 4 amide bonds. The lowest BCUT2D eigenvalue weighted by atomic mass is 9.92. The van der Waals surface area contributed by atoms with Gasteiger partial charge in [0.15, 0.2) is 0 Å². The van der Waals surface area contributed by atoms with Crippen molar-refractivity contribution in [3.63, 3.8) is 0 Å². The number of carbonyl (C=O) groups is 3. The number of hydrogen-bond donors (Lipinski definition) is 3. The Morgan fingerprint density at radius 1 is 1.19 bits per heavy atom. The first-order valence-electron chi connectivity index (χ1n) is 9.68. The van der Waals surface area contributed by atoms with Gasteiger partial charge in [-0.05, 0) is 44.0 Å². The van der Waals surface area contributed by atoms with Gasteiger partial charge in [-0.1, -0.05) is 12.1 Å². The van der Waals surface area contributed by atoms with E-state index >= 15 is 0 Å². The number of fused-ring (bicyclic) bond motifs is 1. The van der Waals surface area contributed by atoms with Gasteiger partial charge in [0, 0.05) is 23.5 Å². The van der Waals surface area contributed by atoms with Gasteiger partial charge in [0.25, 0.3) is 11.5 Å². The minimum Gasteiger partial charge on any atom is -0.326 e. The van der Waals surface area contributed by atoms with Gasteiger partial charge in [-0.25, -0.2) is 9.78 Å². The second-order valence-electron chi connectivity index (χ2n) is 7.62. The molecule has 3 heterocycles. The Kier molecular flexibility index (Phi) is 5.10. The summed E-state index contributed by atoms with van der Waals surface area (Å²) >= 11 is 1.49. The van der Waals surface area contributed by atoms with Crippen molar-refractivity contribution in [3.05, 3.63) is 57.0 Å². The quantitative estimate of drug-likeness (QED) is 0.526. The van der Waals surface area contributed by atoms with Crippen molar-refractivity contribution >= 4 is 45.1 Å².